The van der Waals surface area contributed by atoms with Crippen LogP contribution in [-0.2, 0) is 6.54 Å². The van der Waals surface area contributed by atoms with E-state index in [-0.39, 0.29) is 0 Å². The van der Waals surface area contributed by atoms with E-state index in [0.717, 1.165) is 17.9 Å². The molecule has 5 heteroatoms. The van der Waals surface area contributed by atoms with E-state index >= 15 is 0 Å². The predicted octanol–water partition coefficient (Wildman–Crippen LogP) is 2.77. The fourth-order valence-electron chi connectivity index (χ4n) is 2.06. The van der Waals surface area contributed by atoms with E-state index in [1.54, 1.807) is 6.07 Å². The van der Waals surface area contributed by atoms with Crippen molar-refractivity contribution in [3.63, 3.8) is 0 Å². The summed E-state index contributed by atoms with van der Waals surface area (Å²) in [6.07, 6.45) is 0. The van der Waals surface area contributed by atoms with Gasteiger partial charge in [-0.1, -0.05) is 12.1 Å². The van der Waals surface area contributed by atoms with E-state index in [1.807, 2.05) is 31.3 Å². The van der Waals surface area contributed by atoms with Crippen LogP contribution in [-0.4, -0.2) is 12.0 Å². The van der Waals surface area contributed by atoms with Gasteiger partial charge in [-0.3, -0.25) is 4.98 Å². The molecule has 3 rings (SSSR count). The minimum absolute atomic E-state index is 0.431. The fraction of sp³-hybridized carbons (Fsp3) is 0.133. The molecular formula is C15H15N3O2. The highest BCUT2D eigenvalue weighted by molar-refractivity contribution is 5.76. The summed E-state index contributed by atoms with van der Waals surface area (Å²) in [6, 6.07) is 13.7. The first-order chi connectivity index (χ1) is 9.74. The Bertz CT molecular complexity index is 772. The van der Waals surface area contributed by atoms with Crippen LogP contribution in [0.5, 0.6) is 0 Å². The fourth-order valence-corrected chi connectivity index (χ4v) is 2.06. The molecule has 0 saturated heterocycles. The Balaban J connectivity index is 1.73. The van der Waals surface area contributed by atoms with Gasteiger partial charge in [0, 0.05) is 25.0 Å². The Hall–Kier alpha value is -2.69. The van der Waals surface area contributed by atoms with Crippen molar-refractivity contribution in [1.82, 2.24) is 4.98 Å². The van der Waals surface area contributed by atoms with Crippen LogP contribution in [0.25, 0.3) is 11.1 Å². The van der Waals surface area contributed by atoms with Crippen LogP contribution in [0, 0.1) is 0 Å². The van der Waals surface area contributed by atoms with Gasteiger partial charge in [-0.05, 0) is 35.9 Å². The van der Waals surface area contributed by atoms with Crippen molar-refractivity contribution in [2.24, 2.45) is 0 Å². The van der Waals surface area contributed by atoms with Crippen molar-refractivity contribution in [2.45, 2.75) is 6.54 Å². The summed E-state index contributed by atoms with van der Waals surface area (Å²) in [4.78, 5) is 13.7. The van der Waals surface area contributed by atoms with Gasteiger partial charge < -0.3 is 15.1 Å². The van der Waals surface area contributed by atoms with Crippen LogP contribution < -0.4 is 16.4 Å². The molecule has 0 aliphatic rings. The second-order valence-corrected chi connectivity index (χ2v) is 4.53. The quantitative estimate of drug-likeness (QED) is 0.681. The monoisotopic (exact) mass is 269 g/mol. The number of fused-ring (bicyclic) bond motifs is 1. The van der Waals surface area contributed by atoms with Crippen LogP contribution in [0.1, 0.15) is 5.56 Å². The summed E-state index contributed by atoms with van der Waals surface area (Å²) >= 11 is 0. The zero-order chi connectivity index (χ0) is 13.9. The number of benzene rings is 2. The highest BCUT2D eigenvalue weighted by Gasteiger charge is 2.02. The van der Waals surface area contributed by atoms with E-state index in [9.17, 15) is 4.79 Å². The highest BCUT2D eigenvalue weighted by Crippen LogP contribution is 2.17. The third-order valence-corrected chi connectivity index (χ3v) is 3.16. The first kappa shape index (κ1) is 12.3. The molecule has 0 saturated carbocycles. The molecule has 3 aromatic rings. The first-order valence-electron chi connectivity index (χ1n) is 6.38. The number of nitrogens with one attached hydrogen (secondary N) is 3. The van der Waals surface area contributed by atoms with Crippen LogP contribution in [0.3, 0.4) is 0 Å². The van der Waals surface area contributed by atoms with E-state index < -0.39 is 5.76 Å². The highest BCUT2D eigenvalue weighted by atomic mass is 16.4. The van der Waals surface area contributed by atoms with E-state index in [2.05, 4.69) is 27.8 Å². The third-order valence-electron chi connectivity index (χ3n) is 3.16. The average molecular weight is 269 g/mol. The molecule has 1 aromatic heterocycles. The molecule has 0 bridgehead atoms. The van der Waals surface area contributed by atoms with E-state index in [0.29, 0.717) is 11.1 Å². The Labute approximate surface area is 115 Å². The number of rotatable bonds is 4. The maximum atomic E-state index is 11.1. The van der Waals surface area contributed by atoms with Crippen molar-refractivity contribution in [2.75, 3.05) is 17.7 Å². The molecule has 0 unspecified atom stereocenters. The molecule has 0 aliphatic heterocycles. The summed E-state index contributed by atoms with van der Waals surface area (Å²) < 4.78 is 4.97. The maximum Gasteiger partial charge on any atom is 0.417 e. The number of H-pyrrole nitrogens is 1. The molecule has 5 nitrogen and oxygen atoms in total. The summed E-state index contributed by atoms with van der Waals surface area (Å²) in [6.45, 7) is 0.720. The smallest absolute Gasteiger partial charge is 0.408 e. The molecule has 0 aliphatic carbocycles. The largest absolute Gasteiger partial charge is 0.417 e. The Kier molecular flexibility index (Phi) is 3.16. The van der Waals surface area contributed by atoms with Gasteiger partial charge in [0.05, 0.1) is 5.52 Å². The summed E-state index contributed by atoms with van der Waals surface area (Å²) in [7, 11) is 1.90. The lowest BCUT2D eigenvalue weighted by atomic mass is 10.2. The number of aromatic nitrogens is 1. The third kappa shape index (κ3) is 2.51. The molecule has 20 heavy (non-hydrogen) atoms. The van der Waals surface area contributed by atoms with Gasteiger partial charge in [-0.25, -0.2) is 4.79 Å². The Morgan fingerprint density at radius 1 is 1.10 bits per heavy atom. The van der Waals surface area contributed by atoms with Crippen molar-refractivity contribution >= 4 is 22.5 Å². The molecule has 0 radical (unpaired) electrons. The van der Waals surface area contributed by atoms with Gasteiger partial charge >= 0.3 is 5.76 Å². The summed E-state index contributed by atoms with van der Waals surface area (Å²) in [5.41, 5.74) is 4.48. The number of oxazole rings is 1. The minimum Gasteiger partial charge on any atom is -0.408 e. The van der Waals surface area contributed by atoms with Crippen molar-refractivity contribution in [1.29, 1.82) is 0 Å². The van der Waals surface area contributed by atoms with E-state index in [4.69, 9.17) is 4.42 Å². The maximum absolute atomic E-state index is 11.1. The zero-order valence-corrected chi connectivity index (χ0v) is 11.1. The lowest BCUT2D eigenvalue weighted by molar-refractivity contribution is 0.555. The molecular weight excluding hydrogens is 254 g/mol. The van der Waals surface area contributed by atoms with Gasteiger partial charge in [0.25, 0.3) is 0 Å². The molecule has 3 N–H and O–H groups in total. The van der Waals surface area contributed by atoms with Gasteiger partial charge in [0.15, 0.2) is 5.58 Å². The van der Waals surface area contributed by atoms with Crippen LogP contribution in [0.2, 0.25) is 0 Å². The summed E-state index contributed by atoms with van der Waals surface area (Å²) in [5.74, 6) is -0.431. The lowest BCUT2D eigenvalue weighted by Gasteiger charge is -2.07. The Morgan fingerprint density at radius 2 is 1.85 bits per heavy atom. The van der Waals surface area contributed by atoms with E-state index in [1.165, 1.54) is 5.56 Å². The second kappa shape index (κ2) is 5.13. The average Bonchev–Trinajstić information content (AvgIpc) is 2.85. The van der Waals surface area contributed by atoms with Crippen LogP contribution >= 0.6 is 0 Å². The van der Waals surface area contributed by atoms with Gasteiger partial charge in [0.2, 0.25) is 0 Å². The van der Waals surface area contributed by atoms with Gasteiger partial charge in [-0.2, -0.15) is 0 Å². The molecule has 0 spiro atoms. The molecule has 2 aromatic carbocycles. The topological polar surface area (TPSA) is 70.1 Å². The molecule has 0 amide bonds. The molecule has 0 atom stereocenters. The lowest BCUT2D eigenvalue weighted by Crippen LogP contribution is -1.99. The van der Waals surface area contributed by atoms with Crippen LogP contribution in [0.15, 0.2) is 51.7 Å². The number of aromatic amines is 1. The van der Waals surface area contributed by atoms with Crippen molar-refractivity contribution in [3.8, 4) is 0 Å². The number of hydrogen-bond donors (Lipinski definition) is 3. The standard InChI is InChI=1S/C15H15N3O2/c1-16-11-4-2-10(3-5-11)9-17-12-6-7-14-13(8-12)18-15(19)20-14/h2-8,16-17H,9H2,1H3,(H,18,19). The normalized spacial score (nSPS) is 10.7. The molecule has 102 valence electrons. The molecule has 0 fully saturated rings. The van der Waals surface area contributed by atoms with Gasteiger partial charge in [0.1, 0.15) is 0 Å². The zero-order valence-electron chi connectivity index (χ0n) is 11.1. The number of hydrogen-bond acceptors (Lipinski definition) is 4. The summed E-state index contributed by atoms with van der Waals surface area (Å²) in [5, 5.41) is 6.40. The van der Waals surface area contributed by atoms with Crippen molar-refractivity contribution < 1.29 is 4.42 Å². The first-order valence-corrected chi connectivity index (χ1v) is 6.38. The van der Waals surface area contributed by atoms with Crippen molar-refractivity contribution in [3.05, 3.63) is 58.6 Å². The second-order valence-electron chi connectivity index (χ2n) is 4.53. The Morgan fingerprint density at radius 3 is 2.60 bits per heavy atom. The van der Waals surface area contributed by atoms with Gasteiger partial charge in [-0.15, -0.1) is 0 Å². The number of anilines is 2. The SMILES string of the molecule is CNc1ccc(CNc2ccc3oc(=O)[nH]c3c2)cc1. The minimum atomic E-state index is -0.431. The van der Waals surface area contributed by atoms with Crippen LogP contribution in [0.4, 0.5) is 11.4 Å². The predicted molar refractivity (Wildman–Crippen MR) is 80.2 cm³/mol. The molecule has 1 heterocycles.